The van der Waals surface area contributed by atoms with Crippen molar-refractivity contribution >= 4 is 28.5 Å². The van der Waals surface area contributed by atoms with E-state index in [1.165, 1.54) is 5.56 Å². The summed E-state index contributed by atoms with van der Waals surface area (Å²) < 4.78 is 0. The van der Waals surface area contributed by atoms with E-state index in [1.807, 2.05) is 0 Å². The van der Waals surface area contributed by atoms with Crippen molar-refractivity contribution in [3.63, 3.8) is 0 Å². The van der Waals surface area contributed by atoms with Gasteiger partial charge in [0.25, 0.3) is 0 Å². The Morgan fingerprint density at radius 1 is 1.67 bits per heavy atom. The van der Waals surface area contributed by atoms with E-state index in [0.29, 0.717) is 10.9 Å². The van der Waals surface area contributed by atoms with Gasteiger partial charge in [-0.05, 0) is 28.9 Å². The Kier molecular flexibility index (Phi) is 5.22. The summed E-state index contributed by atoms with van der Waals surface area (Å²) in [6.07, 6.45) is 0. The number of thiocarbonyl (C=S) groups is 1. The van der Waals surface area contributed by atoms with Gasteiger partial charge in [0.2, 0.25) is 0 Å². The number of nitrogens with two attached hydrogens (primary N) is 1. The van der Waals surface area contributed by atoms with Crippen molar-refractivity contribution in [3.8, 4) is 0 Å². The minimum absolute atomic E-state index is 0.290. The fourth-order valence-electron chi connectivity index (χ4n) is 1.42. The molecule has 4 heteroatoms. The van der Waals surface area contributed by atoms with Crippen LogP contribution in [0, 0.1) is 5.92 Å². The van der Waals surface area contributed by atoms with Crippen molar-refractivity contribution in [3.05, 3.63) is 22.4 Å². The van der Waals surface area contributed by atoms with Gasteiger partial charge in [-0.1, -0.05) is 26.1 Å². The quantitative estimate of drug-likeness (QED) is 0.777. The van der Waals surface area contributed by atoms with Crippen LogP contribution in [0.2, 0.25) is 0 Å². The molecule has 1 aromatic rings. The summed E-state index contributed by atoms with van der Waals surface area (Å²) in [5, 5.41) is 4.30. The smallest absolute Gasteiger partial charge is 0.0768 e. The van der Waals surface area contributed by atoms with Crippen LogP contribution in [-0.4, -0.2) is 23.0 Å². The van der Waals surface area contributed by atoms with Gasteiger partial charge in [-0.2, -0.15) is 11.3 Å². The van der Waals surface area contributed by atoms with Crippen molar-refractivity contribution in [1.29, 1.82) is 0 Å². The molecule has 0 fully saturated rings. The monoisotopic (exact) mass is 242 g/mol. The summed E-state index contributed by atoms with van der Waals surface area (Å²) in [4.78, 5) is 2.98. The first kappa shape index (κ1) is 12.6. The zero-order valence-corrected chi connectivity index (χ0v) is 10.9. The Morgan fingerprint density at radius 3 is 2.87 bits per heavy atom. The van der Waals surface area contributed by atoms with Crippen molar-refractivity contribution < 1.29 is 0 Å². The summed E-state index contributed by atoms with van der Waals surface area (Å²) in [6.45, 7) is 7.22. The van der Waals surface area contributed by atoms with Gasteiger partial charge in [-0.3, -0.25) is 4.90 Å². The molecule has 0 saturated carbocycles. The van der Waals surface area contributed by atoms with Gasteiger partial charge >= 0.3 is 0 Å². The molecule has 1 rings (SSSR count). The Bertz CT molecular complexity index is 296. The molecule has 1 aromatic heterocycles. The van der Waals surface area contributed by atoms with Gasteiger partial charge in [0.05, 0.1) is 4.99 Å². The molecule has 1 atom stereocenters. The SMILES string of the molecule is CCN(Cc1ccsc1)CC(C)C(N)=S. The molecule has 0 aliphatic rings. The first-order valence-electron chi connectivity index (χ1n) is 5.16. The number of thiophene rings is 1. The number of rotatable bonds is 6. The summed E-state index contributed by atoms with van der Waals surface area (Å²) >= 11 is 6.73. The number of nitrogens with zero attached hydrogens (tertiary/aromatic N) is 1. The Morgan fingerprint density at radius 2 is 2.40 bits per heavy atom. The van der Waals surface area contributed by atoms with Gasteiger partial charge in [-0.25, -0.2) is 0 Å². The highest BCUT2D eigenvalue weighted by Crippen LogP contribution is 2.10. The van der Waals surface area contributed by atoms with Crippen molar-refractivity contribution in [2.24, 2.45) is 11.7 Å². The predicted octanol–water partition coefficient (Wildman–Crippen LogP) is 2.49. The fourth-order valence-corrected chi connectivity index (χ4v) is 2.16. The highest BCUT2D eigenvalue weighted by molar-refractivity contribution is 7.80. The van der Waals surface area contributed by atoms with Crippen LogP contribution in [0.4, 0.5) is 0 Å². The Hall–Kier alpha value is -0.450. The van der Waals surface area contributed by atoms with E-state index in [-0.39, 0.29) is 0 Å². The van der Waals surface area contributed by atoms with Gasteiger partial charge in [0, 0.05) is 19.0 Å². The van der Waals surface area contributed by atoms with Crippen molar-refractivity contribution in [2.75, 3.05) is 13.1 Å². The molecule has 84 valence electrons. The summed E-state index contributed by atoms with van der Waals surface area (Å²) in [7, 11) is 0. The molecule has 0 bridgehead atoms. The maximum absolute atomic E-state index is 5.62. The second kappa shape index (κ2) is 6.20. The van der Waals surface area contributed by atoms with Crippen LogP contribution in [0.5, 0.6) is 0 Å². The largest absolute Gasteiger partial charge is 0.393 e. The predicted molar refractivity (Wildman–Crippen MR) is 71.2 cm³/mol. The standard InChI is InChI=1S/C11H18N2S2/c1-3-13(6-9(2)11(12)14)7-10-4-5-15-8-10/h4-5,8-9H,3,6-7H2,1-2H3,(H2,12,14). The Labute approximate surface area is 101 Å². The molecule has 1 unspecified atom stereocenters. The third-order valence-corrected chi connectivity index (χ3v) is 3.59. The molecule has 1 heterocycles. The van der Waals surface area contributed by atoms with Crippen LogP contribution in [0.1, 0.15) is 19.4 Å². The van der Waals surface area contributed by atoms with E-state index in [1.54, 1.807) is 11.3 Å². The minimum atomic E-state index is 0.290. The van der Waals surface area contributed by atoms with E-state index in [2.05, 4.69) is 35.6 Å². The zero-order chi connectivity index (χ0) is 11.3. The maximum Gasteiger partial charge on any atom is 0.0768 e. The number of hydrogen-bond donors (Lipinski definition) is 1. The van der Waals surface area contributed by atoms with Gasteiger partial charge in [-0.15, -0.1) is 0 Å². The summed E-state index contributed by atoms with van der Waals surface area (Å²) in [5.41, 5.74) is 6.99. The van der Waals surface area contributed by atoms with Crippen LogP contribution in [-0.2, 0) is 6.54 Å². The van der Waals surface area contributed by atoms with Crippen LogP contribution in [0.25, 0.3) is 0 Å². The second-order valence-corrected chi connectivity index (χ2v) is 5.01. The molecule has 0 spiro atoms. The molecular formula is C11H18N2S2. The topological polar surface area (TPSA) is 29.3 Å². The molecule has 0 radical (unpaired) electrons. The third-order valence-electron chi connectivity index (χ3n) is 2.45. The van der Waals surface area contributed by atoms with E-state index in [9.17, 15) is 0 Å². The normalized spacial score (nSPS) is 13.0. The van der Waals surface area contributed by atoms with E-state index < -0.39 is 0 Å². The first-order chi connectivity index (χ1) is 7.13. The van der Waals surface area contributed by atoms with Gasteiger partial charge in [0.15, 0.2) is 0 Å². The number of hydrogen-bond acceptors (Lipinski definition) is 3. The molecule has 0 aliphatic carbocycles. The van der Waals surface area contributed by atoms with Gasteiger partial charge in [0.1, 0.15) is 0 Å². The first-order valence-corrected chi connectivity index (χ1v) is 6.51. The molecule has 0 aromatic carbocycles. The van der Waals surface area contributed by atoms with E-state index >= 15 is 0 Å². The summed E-state index contributed by atoms with van der Waals surface area (Å²) in [6, 6.07) is 2.17. The maximum atomic E-state index is 5.62. The zero-order valence-electron chi connectivity index (χ0n) is 9.27. The fraction of sp³-hybridized carbons (Fsp3) is 0.545. The molecule has 2 nitrogen and oxygen atoms in total. The third kappa shape index (κ3) is 4.28. The minimum Gasteiger partial charge on any atom is -0.393 e. The van der Waals surface area contributed by atoms with Crippen LogP contribution in [0.15, 0.2) is 16.8 Å². The van der Waals surface area contributed by atoms with Crippen LogP contribution < -0.4 is 5.73 Å². The molecule has 15 heavy (non-hydrogen) atoms. The van der Waals surface area contributed by atoms with Crippen molar-refractivity contribution in [1.82, 2.24) is 4.90 Å². The highest BCUT2D eigenvalue weighted by Gasteiger charge is 2.11. The average molecular weight is 242 g/mol. The second-order valence-electron chi connectivity index (χ2n) is 3.76. The molecular weight excluding hydrogens is 224 g/mol. The molecule has 0 amide bonds. The lowest BCUT2D eigenvalue weighted by Crippen LogP contribution is -2.33. The lowest BCUT2D eigenvalue weighted by Gasteiger charge is -2.23. The average Bonchev–Trinajstić information content (AvgIpc) is 2.69. The van der Waals surface area contributed by atoms with Crippen LogP contribution >= 0.6 is 23.6 Å². The molecule has 0 saturated heterocycles. The summed E-state index contributed by atoms with van der Waals surface area (Å²) in [5.74, 6) is 0.290. The Balaban J connectivity index is 2.46. The highest BCUT2D eigenvalue weighted by atomic mass is 32.1. The lowest BCUT2D eigenvalue weighted by molar-refractivity contribution is 0.264. The van der Waals surface area contributed by atoms with Crippen molar-refractivity contribution in [2.45, 2.75) is 20.4 Å². The lowest BCUT2D eigenvalue weighted by atomic mass is 10.1. The van der Waals surface area contributed by atoms with E-state index in [0.717, 1.165) is 19.6 Å². The van der Waals surface area contributed by atoms with Crippen LogP contribution in [0.3, 0.4) is 0 Å². The van der Waals surface area contributed by atoms with E-state index in [4.69, 9.17) is 18.0 Å². The molecule has 2 N–H and O–H groups in total. The molecule has 0 aliphatic heterocycles. The van der Waals surface area contributed by atoms with Gasteiger partial charge < -0.3 is 5.73 Å².